The van der Waals surface area contributed by atoms with Crippen LogP contribution in [0, 0.1) is 11.6 Å². The average Bonchev–Trinajstić information content (AvgIpc) is 3.38. The molecule has 2 N–H and O–H groups in total. The normalized spacial score (nSPS) is 10.3. The van der Waals surface area contributed by atoms with Crippen molar-refractivity contribution in [1.82, 2.24) is 4.98 Å². The number of halogens is 2. The van der Waals surface area contributed by atoms with E-state index in [1.54, 1.807) is 41.9 Å². The molecule has 0 atom stereocenters. The van der Waals surface area contributed by atoms with E-state index in [1.807, 2.05) is 5.38 Å². The number of hydrogen-bond donors (Lipinski definition) is 2. The second-order valence-electron chi connectivity index (χ2n) is 7.26. The molecule has 0 aliphatic carbocycles. The van der Waals surface area contributed by atoms with Crippen molar-refractivity contribution in [2.45, 2.75) is 6.61 Å². The van der Waals surface area contributed by atoms with Crippen molar-refractivity contribution >= 4 is 40.6 Å². The zero-order valence-electron chi connectivity index (χ0n) is 18.2. The fourth-order valence-corrected chi connectivity index (χ4v) is 3.57. The molecule has 0 radical (unpaired) electrons. The molecule has 0 spiro atoms. The number of rotatable bonds is 8. The Kier molecular flexibility index (Phi) is 7.59. The fourth-order valence-electron chi connectivity index (χ4n) is 3.03. The van der Waals surface area contributed by atoms with E-state index in [1.165, 1.54) is 53.8 Å². The molecule has 1 heterocycles. The van der Waals surface area contributed by atoms with E-state index in [-0.39, 0.29) is 16.9 Å². The first-order valence-corrected chi connectivity index (χ1v) is 11.4. The Morgan fingerprint density at radius 2 is 1.43 bits per heavy atom. The highest BCUT2D eigenvalue weighted by Gasteiger charge is 2.21. The zero-order valence-corrected chi connectivity index (χ0v) is 19.0. The van der Waals surface area contributed by atoms with Crippen LogP contribution < -0.4 is 15.4 Å². The van der Waals surface area contributed by atoms with E-state index >= 15 is 0 Å². The van der Waals surface area contributed by atoms with Gasteiger partial charge in [-0.2, -0.15) is 0 Å². The number of carbonyl (C=O) groups excluding carboxylic acids is 2. The number of amides is 2. The Balaban J connectivity index is 1.57. The Bertz CT molecular complexity index is 1300. The summed E-state index contributed by atoms with van der Waals surface area (Å²) in [5.74, 6) is -2.45. The van der Waals surface area contributed by atoms with E-state index in [4.69, 9.17) is 4.74 Å². The van der Waals surface area contributed by atoms with Crippen LogP contribution in [0.3, 0.4) is 0 Å². The van der Waals surface area contributed by atoms with E-state index in [2.05, 4.69) is 15.6 Å². The fraction of sp³-hybridized carbons (Fsp3) is 0.0385. The van der Waals surface area contributed by atoms with Crippen LogP contribution in [0.5, 0.6) is 5.75 Å². The van der Waals surface area contributed by atoms with Crippen LogP contribution in [-0.2, 0) is 16.2 Å². The van der Waals surface area contributed by atoms with Gasteiger partial charge in [0.25, 0.3) is 11.8 Å². The second kappa shape index (κ2) is 11.2. The lowest BCUT2D eigenvalue weighted by Gasteiger charge is -2.11. The number of anilines is 2. The molecule has 176 valence electrons. The number of thiazole rings is 1. The van der Waals surface area contributed by atoms with Gasteiger partial charge in [0.15, 0.2) is 0 Å². The Labute approximate surface area is 203 Å². The molecular weight excluding hydrogens is 472 g/mol. The number of carbonyl (C=O) groups is 2. The van der Waals surface area contributed by atoms with Gasteiger partial charge in [-0.15, -0.1) is 11.3 Å². The van der Waals surface area contributed by atoms with Gasteiger partial charge < -0.3 is 15.4 Å². The molecule has 4 rings (SSSR count). The number of benzene rings is 3. The molecular formula is C26H19F2N3O3S. The van der Waals surface area contributed by atoms with E-state index < -0.39 is 23.4 Å². The molecule has 0 unspecified atom stereocenters. The summed E-state index contributed by atoms with van der Waals surface area (Å²) in [6.45, 7) is 0.306. The summed E-state index contributed by atoms with van der Waals surface area (Å²) in [6, 6.07) is 17.8. The molecule has 4 aromatic rings. The first kappa shape index (κ1) is 23.8. The molecule has 0 saturated heterocycles. The number of aromatic nitrogens is 1. The quantitative estimate of drug-likeness (QED) is 0.189. The van der Waals surface area contributed by atoms with Gasteiger partial charge in [-0.3, -0.25) is 9.59 Å². The third-order valence-corrected chi connectivity index (χ3v) is 5.43. The van der Waals surface area contributed by atoms with Gasteiger partial charge in [-0.05, 0) is 48.0 Å². The minimum atomic E-state index is -0.854. The van der Waals surface area contributed by atoms with Crippen molar-refractivity contribution in [1.29, 1.82) is 0 Å². The Hall–Kier alpha value is -4.37. The second-order valence-corrected chi connectivity index (χ2v) is 7.98. The summed E-state index contributed by atoms with van der Waals surface area (Å²) in [7, 11) is 0. The monoisotopic (exact) mass is 491 g/mol. The summed E-state index contributed by atoms with van der Waals surface area (Å²) >= 11 is 1.47. The third kappa shape index (κ3) is 6.36. The first-order valence-electron chi connectivity index (χ1n) is 10.4. The van der Waals surface area contributed by atoms with Gasteiger partial charge in [0.2, 0.25) is 0 Å². The Morgan fingerprint density at radius 1 is 0.857 bits per heavy atom. The van der Waals surface area contributed by atoms with Crippen LogP contribution >= 0.6 is 11.3 Å². The topological polar surface area (TPSA) is 80.3 Å². The highest BCUT2D eigenvalue weighted by Crippen LogP contribution is 2.20. The average molecular weight is 492 g/mol. The molecule has 35 heavy (non-hydrogen) atoms. The smallest absolute Gasteiger partial charge is 0.261 e. The van der Waals surface area contributed by atoms with E-state index in [9.17, 15) is 18.4 Å². The molecule has 0 saturated carbocycles. The lowest BCUT2D eigenvalue weighted by atomic mass is 10.1. The van der Waals surface area contributed by atoms with Gasteiger partial charge >= 0.3 is 0 Å². The molecule has 1 aromatic heterocycles. The Morgan fingerprint density at radius 3 is 1.94 bits per heavy atom. The van der Waals surface area contributed by atoms with E-state index in [0.29, 0.717) is 17.9 Å². The summed E-state index contributed by atoms with van der Waals surface area (Å²) in [4.78, 5) is 30.1. The lowest BCUT2D eigenvalue weighted by molar-refractivity contribution is -0.118. The SMILES string of the molecule is O=C(Nc1ccccc1F)C(=Cc1ccc(OCc2cscn2)cc1)C(=O)Nc1ccccc1F. The molecule has 0 bridgehead atoms. The number of hydrogen-bond acceptors (Lipinski definition) is 5. The van der Waals surface area contributed by atoms with Crippen LogP contribution in [0.25, 0.3) is 6.08 Å². The number of para-hydroxylation sites is 2. The number of nitrogens with one attached hydrogen (secondary N) is 2. The van der Waals surface area contributed by atoms with Crippen molar-refractivity contribution in [2.75, 3.05) is 10.6 Å². The number of ether oxygens (including phenoxy) is 1. The molecule has 3 aromatic carbocycles. The van der Waals surface area contributed by atoms with Crippen LogP contribution in [0.2, 0.25) is 0 Å². The molecule has 0 aliphatic heterocycles. The summed E-state index contributed by atoms with van der Waals surface area (Å²) in [5.41, 5.74) is 2.50. The largest absolute Gasteiger partial charge is 0.487 e. The van der Waals surface area contributed by atoms with Crippen molar-refractivity contribution < 1.29 is 23.1 Å². The minimum Gasteiger partial charge on any atom is -0.487 e. The van der Waals surface area contributed by atoms with Crippen molar-refractivity contribution in [3.8, 4) is 5.75 Å². The standard InChI is InChI=1S/C26H19F2N3O3S/c27-21-5-1-3-7-23(21)30-25(32)20(26(33)31-24-8-4-2-6-22(24)28)13-17-9-11-19(12-10-17)34-14-18-15-35-16-29-18/h1-13,15-16H,14H2,(H,30,32)(H,31,33). The van der Waals surface area contributed by atoms with Crippen molar-refractivity contribution in [2.24, 2.45) is 0 Å². The van der Waals surface area contributed by atoms with Crippen LogP contribution in [0.4, 0.5) is 20.2 Å². The molecule has 2 amide bonds. The van der Waals surface area contributed by atoms with Gasteiger partial charge in [-0.1, -0.05) is 36.4 Å². The maximum Gasteiger partial charge on any atom is 0.261 e. The maximum atomic E-state index is 14.1. The minimum absolute atomic E-state index is 0.0899. The van der Waals surface area contributed by atoms with Crippen molar-refractivity contribution in [3.05, 3.63) is 112 Å². The molecule has 0 aliphatic rings. The van der Waals surface area contributed by atoms with Crippen LogP contribution in [0.1, 0.15) is 11.3 Å². The molecule has 6 nitrogen and oxygen atoms in total. The zero-order chi connectivity index (χ0) is 24.6. The van der Waals surface area contributed by atoms with Gasteiger partial charge in [0.1, 0.15) is 29.6 Å². The molecule has 0 fully saturated rings. The summed E-state index contributed by atoms with van der Waals surface area (Å²) in [6.07, 6.45) is 1.33. The van der Waals surface area contributed by atoms with Crippen LogP contribution in [0.15, 0.2) is 89.3 Å². The van der Waals surface area contributed by atoms with Gasteiger partial charge in [0.05, 0.1) is 22.6 Å². The van der Waals surface area contributed by atoms with Gasteiger partial charge in [-0.25, -0.2) is 13.8 Å². The van der Waals surface area contributed by atoms with E-state index in [0.717, 1.165) is 5.69 Å². The van der Waals surface area contributed by atoms with Gasteiger partial charge in [0, 0.05) is 5.38 Å². The first-order chi connectivity index (χ1) is 17.0. The van der Waals surface area contributed by atoms with Crippen LogP contribution in [-0.4, -0.2) is 16.8 Å². The highest BCUT2D eigenvalue weighted by atomic mass is 32.1. The molecule has 9 heteroatoms. The van der Waals surface area contributed by atoms with Crippen molar-refractivity contribution in [3.63, 3.8) is 0 Å². The predicted molar refractivity (Wildman–Crippen MR) is 131 cm³/mol. The lowest BCUT2D eigenvalue weighted by Crippen LogP contribution is -2.26. The maximum absolute atomic E-state index is 14.1. The predicted octanol–water partition coefficient (Wildman–Crippen LogP) is 5.66. The number of nitrogens with zero attached hydrogens (tertiary/aromatic N) is 1. The summed E-state index contributed by atoms with van der Waals surface area (Å²) < 4.78 is 33.8. The highest BCUT2D eigenvalue weighted by molar-refractivity contribution is 7.07. The summed E-state index contributed by atoms with van der Waals surface area (Å²) in [5, 5.41) is 6.66. The third-order valence-electron chi connectivity index (χ3n) is 4.79.